The first-order valence-electron chi connectivity index (χ1n) is 14.2. The van der Waals surface area contributed by atoms with E-state index >= 15 is 0 Å². The molecule has 0 aromatic heterocycles. The topological polar surface area (TPSA) is 143 Å². The van der Waals surface area contributed by atoms with Gasteiger partial charge in [-0.1, -0.05) is 60.7 Å². The molecule has 5 atom stereocenters. The lowest BCUT2D eigenvalue weighted by molar-refractivity contribution is -0.157. The van der Waals surface area contributed by atoms with E-state index in [1.54, 1.807) is 30.3 Å². The molecule has 2 amide bonds. The SMILES string of the molecule is CC(O)C(NC(=O)C1=CC2OC(c3ccccc3)(c3ccccc3)OC2C(OC(=O)c2ccc(I)cc2)C1)C(=O)NCCO. The van der Waals surface area contributed by atoms with Crippen LogP contribution < -0.4 is 10.6 Å². The number of carbonyl (C=O) groups is 3. The summed E-state index contributed by atoms with van der Waals surface area (Å²) < 4.78 is 20.3. The summed E-state index contributed by atoms with van der Waals surface area (Å²) in [5, 5.41) is 24.4. The molecule has 1 fully saturated rings. The van der Waals surface area contributed by atoms with E-state index in [0.29, 0.717) is 5.56 Å². The van der Waals surface area contributed by atoms with Gasteiger partial charge in [-0.15, -0.1) is 0 Å². The van der Waals surface area contributed by atoms with E-state index in [0.717, 1.165) is 14.7 Å². The molecule has 11 heteroatoms. The molecule has 1 heterocycles. The number of aliphatic hydroxyl groups is 2. The zero-order valence-corrected chi connectivity index (χ0v) is 26.0. The van der Waals surface area contributed by atoms with Crippen LogP contribution in [0.3, 0.4) is 0 Å². The number of halogens is 1. The van der Waals surface area contributed by atoms with Gasteiger partial charge in [0.15, 0.2) is 0 Å². The molecule has 0 radical (unpaired) electrons. The lowest BCUT2D eigenvalue weighted by Crippen LogP contribution is -2.54. The molecule has 10 nitrogen and oxygen atoms in total. The van der Waals surface area contributed by atoms with Gasteiger partial charge in [0.1, 0.15) is 24.4 Å². The second kappa shape index (κ2) is 14.0. The summed E-state index contributed by atoms with van der Waals surface area (Å²) in [6.07, 6.45) is -2.16. The van der Waals surface area contributed by atoms with Gasteiger partial charge in [0, 0.05) is 33.2 Å². The Morgan fingerprint density at radius 2 is 1.59 bits per heavy atom. The summed E-state index contributed by atoms with van der Waals surface area (Å²) in [7, 11) is 0. The van der Waals surface area contributed by atoms with Crippen LogP contribution in [0.25, 0.3) is 0 Å². The molecule has 3 aromatic carbocycles. The molecule has 1 saturated heterocycles. The van der Waals surface area contributed by atoms with Crippen LogP contribution in [0.1, 0.15) is 34.8 Å². The summed E-state index contributed by atoms with van der Waals surface area (Å²) in [5.74, 6) is -3.23. The number of aliphatic hydroxyl groups excluding tert-OH is 2. The molecule has 230 valence electrons. The maximum Gasteiger partial charge on any atom is 0.338 e. The third kappa shape index (κ3) is 6.87. The Morgan fingerprint density at radius 1 is 0.977 bits per heavy atom. The Kier molecular flexibility index (Phi) is 10.1. The predicted octanol–water partition coefficient (Wildman–Crippen LogP) is 2.81. The number of nitrogens with one attached hydrogen (secondary N) is 2. The molecular weight excluding hydrogens is 679 g/mol. The Bertz CT molecular complexity index is 1460. The number of hydrogen-bond donors (Lipinski definition) is 4. The van der Waals surface area contributed by atoms with Crippen LogP contribution in [0, 0.1) is 3.57 Å². The summed E-state index contributed by atoms with van der Waals surface area (Å²) in [6, 6.07) is 24.4. The number of benzene rings is 3. The van der Waals surface area contributed by atoms with Crippen molar-refractivity contribution in [3.8, 4) is 0 Å². The highest BCUT2D eigenvalue weighted by molar-refractivity contribution is 14.1. The van der Waals surface area contributed by atoms with E-state index in [9.17, 15) is 19.5 Å². The minimum absolute atomic E-state index is 0.0308. The van der Waals surface area contributed by atoms with Crippen LogP contribution in [0.2, 0.25) is 0 Å². The number of ether oxygens (including phenoxy) is 3. The van der Waals surface area contributed by atoms with Crippen molar-refractivity contribution in [2.45, 2.75) is 49.6 Å². The number of esters is 1. The van der Waals surface area contributed by atoms with E-state index < -0.39 is 54.0 Å². The highest BCUT2D eigenvalue weighted by Crippen LogP contribution is 2.47. The largest absolute Gasteiger partial charge is 0.456 e. The molecule has 44 heavy (non-hydrogen) atoms. The zero-order valence-electron chi connectivity index (χ0n) is 23.9. The Balaban J connectivity index is 1.50. The molecule has 0 spiro atoms. The fourth-order valence-electron chi connectivity index (χ4n) is 5.31. The lowest BCUT2D eigenvalue weighted by Gasteiger charge is -2.31. The Morgan fingerprint density at radius 3 is 2.16 bits per heavy atom. The fourth-order valence-corrected chi connectivity index (χ4v) is 5.67. The summed E-state index contributed by atoms with van der Waals surface area (Å²) in [4.78, 5) is 39.5. The van der Waals surface area contributed by atoms with Crippen molar-refractivity contribution in [1.82, 2.24) is 10.6 Å². The van der Waals surface area contributed by atoms with Crippen LogP contribution in [-0.4, -0.2) is 71.6 Å². The predicted molar refractivity (Wildman–Crippen MR) is 168 cm³/mol. The van der Waals surface area contributed by atoms with Gasteiger partial charge in [-0.05, 0) is 59.9 Å². The monoisotopic (exact) mass is 712 g/mol. The molecule has 1 aliphatic carbocycles. The molecular formula is C33H33IN2O8. The van der Waals surface area contributed by atoms with E-state index in [4.69, 9.17) is 19.3 Å². The van der Waals surface area contributed by atoms with Crippen LogP contribution in [-0.2, 0) is 29.6 Å². The van der Waals surface area contributed by atoms with Gasteiger partial charge in [0.25, 0.3) is 0 Å². The van der Waals surface area contributed by atoms with E-state index in [2.05, 4.69) is 33.2 Å². The number of carbonyl (C=O) groups excluding carboxylic acids is 3. The molecule has 5 rings (SSSR count). The molecule has 5 unspecified atom stereocenters. The lowest BCUT2D eigenvalue weighted by atomic mass is 9.91. The Labute approximate surface area is 268 Å². The fraction of sp³-hybridized carbons (Fsp3) is 0.303. The average molecular weight is 713 g/mol. The third-order valence-electron chi connectivity index (χ3n) is 7.48. The smallest absolute Gasteiger partial charge is 0.338 e. The second-order valence-corrected chi connectivity index (χ2v) is 11.8. The number of rotatable bonds is 10. The Hall–Kier alpha value is -3.62. The number of fused-ring (bicyclic) bond motifs is 1. The van der Waals surface area contributed by atoms with Gasteiger partial charge >= 0.3 is 5.97 Å². The summed E-state index contributed by atoms with van der Waals surface area (Å²) in [5.41, 5.74) is 1.98. The van der Waals surface area contributed by atoms with E-state index in [1.807, 2.05) is 60.7 Å². The van der Waals surface area contributed by atoms with E-state index in [1.165, 1.54) is 6.92 Å². The van der Waals surface area contributed by atoms with E-state index in [-0.39, 0.29) is 25.1 Å². The van der Waals surface area contributed by atoms with Crippen molar-refractivity contribution in [3.05, 3.63) is 117 Å². The number of hydrogen-bond acceptors (Lipinski definition) is 8. The molecule has 2 aliphatic rings. The molecule has 1 aliphatic heterocycles. The first-order chi connectivity index (χ1) is 21.2. The molecule has 3 aromatic rings. The van der Waals surface area contributed by atoms with Crippen LogP contribution in [0.4, 0.5) is 0 Å². The van der Waals surface area contributed by atoms with Crippen molar-refractivity contribution in [2.24, 2.45) is 0 Å². The standard InChI is InChI=1S/C33H33IN2O8/c1-20(38)28(31(40)35-16-17-37)36-30(39)22-18-26(42-32(41)21-12-14-25(34)15-13-21)29-27(19-22)43-33(44-29,23-8-4-2-5-9-23)24-10-6-3-7-11-24/h2-15,19-20,26-29,37-38H,16-18H2,1H3,(H,35,40)(H,36,39). The molecule has 4 N–H and O–H groups in total. The summed E-state index contributed by atoms with van der Waals surface area (Å²) in [6.45, 7) is 1.05. The minimum Gasteiger partial charge on any atom is -0.456 e. The second-order valence-electron chi connectivity index (χ2n) is 10.6. The van der Waals surface area contributed by atoms with Gasteiger partial charge in [-0.3, -0.25) is 9.59 Å². The number of amides is 2. The quantitative estimate of drug-likeness (QED) is 0.186. The van der Waals surface area contributed by atoms with Crippen molar-refractivity contribution in [2.75, 3.05) is 13.2 Å². The van der Waals surface area contributed by atoms with Crippen LogP contribution in [0.15, 0.2) is 96.6 Å². The van der Waals surface area contributed by atoms with Crippen molar-refractivity contribution in [1.29, 1.82) is 0 Å². The average Bonchev–Trinajstić information content (AvgIpc) is 3.44. The van der Waals surface area contributed by atoms with Crippen LogP contribution >= 0.6 is 22.6 Å². The van der Waals surface area contributed by atoms with Gasteiger partial charge in [-0.2, -0.15) is 0 Å². The molecule has 0 bridgehead atoms. The third-order valence-corrected chi connectivity index (χ3v) is 8.20. The highest BCUT2D eigenvalue weighted by Gasteiger charge is 2.55. The van der Waals surface area contributed by atoms with Crippen LogP contribution in [0.5, 0.6) is 0 Å². The van der Waals surface area contributed by atoms with Crippen molar-refractivity contribution < 1.29 is 38.8 Å². The maximum atomic E-state index is 13.6. The molecule has 0 saturated carbocycles. The highest BCUT2D eigenvalue weighted by atomic mass is 127. The zero-order chi connectivity index (χ0) is 31.3. The first-order valence-corrected chi connectivity index (χ1v) is 15.3. The summed E-state index contributed by atoms with van der Waals surface area (Å²) >= 11 is 2.15. The van der Waals surface area contributed by atoms with Gasteiger partial charge < -0.3 is 35.1 Å². The maximum absolute atomic E-state index is 13.6. The van der Waals surface area contributed by atoms with Crippen molar-refractivity contribution in [3.63, 3.8) is 0 Å². The van der Waals surface area contributed by atoms with Gasteiger partial charge in [0.05, 0.1) is 18.3 Å². The van der Waals surface area contributed by atoms with Gasteiger partial charge in [0.2, 0.25) is 17.6 Å². The minimum atomic E-state index is -1.36. The van der Waals surface area contributed by atoms with Crippen molar-refractivity contribution >= 4 is 40.4 Å². The first kappa shape index (κ1) is 31.8. The van der Waals surface area contributed by atoms with Gasteiger partial charge in [-0.25, -0.2) is 4.79 Å². The normalized spacial score (nSPS) is 21.7.